The van der Waals surface area contributed by atoms with Gasteiger partial charge in [0.2, 0.25) is 5.96 Å². The van der Waals surface area contributed by atoms with Gasteiger partial charge in [0.1, 0.15) is 0 Å². The fourth-order valence-electron chi connectivity index (χ4n) is 1.43. The third-order valence-electron chi connectivity index (χ3n) is 2.47. The summed E-state index contributed by atoms with van der Waals surface area (Å²) in [7, 11) is 1.95. The summed E-state index contributed by atoms with van der Waals surface area (Å²) in [5.74, 6) is 6.19. The van der Waals surface area contributed by atoms with Crippen molar-refractivity contribution in [3.05, 3.63) is 30.1 Å². The molecule has 0 aliphatic heterocycles. The summed E-state index contributed by atoms with van der Waals surface area (Å²) in [6, 6.07) is 6.33. The zero-order valence-corrected chi connectivity index (χ0v) is 9.43. The Hall–Kier alpha value is -1.62. The second kappa shape index (κ2) is 4.94. The van der Waals surface area contributed by atoms with Crippen molar-refractivity contribution < 1.29 is 0 Å². The fraction of sp³-hybridized carbons (Fsp3) is 0.455. The molecule has 1 fully saturated rings. The molecule has 0 bridgehead atoms. The topological polar surface area (TPSA) is 66.5 Å². The normalized spacial score (nSPS) is 16.0. The van der Waals surface area contributed by atoms with Crippen LogP contribution >= 0.6 is 0 Å². The molecule has 86 valence electrons. The van der Waals surface area contributed by atoms with Gasteiger partial charge in [0, 0.05) is 13.2 Å². The van der Waals surface area contributed by atoms with Gasteiger partial charge in [0.05, 0.1) is 18.3 Å². The molecule has 1 saturated carbocycles. The van der Waals surface area contributed by atoms with E-state index in [0.717, 1.165) is 11.7 Å². The molecule has 1 heterocycles. The van der Waals surface area contributed by atoms with Gasteiger partial charge >= 0.3 is 0 Å². The predicted molar refractivity (Wildman–Crippen MR) is 63.5 cm³/mol. The van der Waals surface area contributed by atoms with E-state index in [1.54, 1.807) is 6.20 Å². The Morgan fingerprint density at radius 1 is 1.62 bits per heavy atom. The smallest absolute Gasteiger partial charge is 0.208 e. The molecule has 0 amide bonds. The van der Waals surface area contributed by atoms with E-state index in [-0.39, 0.29) is 0 Å². The lowest BCUT2D eigenvalue weighted by Crippen LogP contribution is -2.42. The van der Waals surface area contributed by atoms with Crippen molar-refractivity contribution in [1.29, 1.82) is 0 Å². The zero-order chi connectivity index (χ0) is 11.4. The summed E-state index contributed by atoms with van der Waals surface area (Å²) in [5.41, 5.74) is 3.65. The van der Waals surface area contributed by atoms with Crippen LogP contribution in [0, 0.1) is 0 Å². The summed E-state index contributed by atoms with van der Waals surface area (Å²) < 4.78 is 0. The van der Waals surface area contributed by atoms with E-state index in [1.165, 1.54) is 12.8 Å². The van der Waals surface area contributed by atoms with Crippen molar-refractivity contribution in [3.8, 4) is 0 Å². The Labute approximate surface area is 95.3 Å². The minimum atomic E-state index is 0.456. The fourth-order valence-corrected chi connectivity index (χ4v) is 1.43. The van der Waals surface area contributed by atoms with Crippen molar-refractivity contribution in [2.45, 2.75) is 25.4 Å². The highest BCUT2D eigenvalue weighted by atomic mass is 15.4. The first-order chi connectivity index (χ1) is 7.79. The van der Waals surface area contributed by atoms with Gasteiger partial charge in [-0.3, -0.25) is 10.4 Å². The first-order valence-electron chi connectivity index (χ1n) is 5.45. The number of hydrazine groups is 1. The number of hydrogen-bond donors (Lipinski definition) is 2. The first-order valence-corrected chi connectivity index (χ1v) is 5.45. The highest BCUT2D eigenvalue weighted by Gasteiger charge is 2.22. The van der Waals surface area contributed by atoms with Crippen molar-refractivity contribution in [2.75, 3.05) is 7.05 Å². The molecule has 0 radical (unpaired) electrons. The lowest BCUT2D eigenvalue weighted by molar-refractivity contribution is 0.469. The summed E-state index contributed by atoms with van der Waals surface area (Å²) in [6.07, 6.45) is 4.13. The maximum absolute atomic E-state index is 5.46. The van der Waals surface area contributed by atoms with Gasteiger partial charge < -0.3 is 4.90 Å². The quantitative estimate of drug-likeness (QED) is 0.336. The second-order valence-corrected chi connectivity index (χ2v) is 4.01. The SMILES string of the molecule is CN(Cc1ccccn1)C(=NC1CC1)NN. The highest BCUT2D eigenvalue weighted by molar-refractivity contribution is 5.79. The minimum Gasteiger partial charge on any atom is -0.339 e. The molecule has 3 N–H and O–H groups in total. The zero-order valence-electron chi connectivity index (χ0n) is 9.43. The van der Waals surface area contributed by atoms with Crippen LogP contribution in [0.1, 0.15) is 18.5 Å². The van der Waals surface area contributed by atoms with Crippen LogP contribution in [0.15, 0.2) is 29.4 Å². The Kier molecular flexibility index (Phi) is 3.36. The molecular weight excluding hydrogens is 202 g/mol. The maximum Gasteiger partial charge on any atom is 0.208 e. The Balaban J connectivity index is 1.98. The van der Waals surface area contributed by atoms with Crippen molar-refractivity contribution in [3.63, 3.8) is 0 Å². The van der Waals surface area contributed by atoms with Crippen molar-refractivity contribution in [2.24, 2.45) is 10.8 Å². The average molecular weight is 219 g/mol. The summed E-state index contributed by atoms with van der Waals surface area (Å²) >= 11 is 0. The molecule has 0 atom stereocenters. The van der Waals surface area contributed by atoms with Gasteiger partial charge in [-0.1, -0.05) is 6.07 Å². The number of guanidine groups is 1. The molecule has 16 heavy (non-hydrogen) atoms. The molecule has 1 aromatic heterocycles. The number of hydrogen-bond acceptors (Lipinski definition) is 3. The number of nitrogens with zero attached hydrogens (tertiary/aromatic N) is 3. The predicted octanol–water partition coefficient (Wildman–Crippen LogP) is 0.495. The van der Waals surface area contributed by atoms with Gasteiger partial charge in [0.15, 0.2) is 0 Å². The maximum atomic E-state index is 5.46. The average Bonchev–Trinajstić information content (AvgIpc) is 3.11. The van der Waals surface area contributed by atoms with Gasteiger partial charge in [-0.25, -0.2) is 10.8 Å². The van der Waals surface area contributed by atoms with Crippen LogP contribution in [0.3, 0.4) is 0 Å². The van der Waals surface area contributed by atoms with E-state index < -0.39 is 0 Å². The molecule has 5 nitrogen and oxygen atoms in total. The van der Waals surface area contributed by atoms with Crippen molar-refractivity contribution in [1.82, 2.24) is 15.3 Å². The third-order valence-corrected chi connectivity index (χ3v) is 2.47. The minimum absolute atomic E-state index is 0.456. The number of aromatic nitrogens is 1. The molecule has 0 saturated heterocycles. The van der Waals surface area contributed by atoms with E-state index in [2.05, 4.69) is 15.4 Å². The summed E-state index contributed by atoms with van der Waals surface area (Å²) in [4.78, 5) is 10.7. The molecule has 0 aromatic carbocycles. The molecule has 5 heteroatoms. The number of pyridine rings is 1. The van der Waals surface area contributed by atoms with Crippen LogP contribution in [-0.4, -0.2) is 28.9 Å². The van der Waals surface area contributed by atoms with E-state index in [9.17, 15) is 0 Å². The second-order valence-electron chi connectivity index (χ2n) is 4.01. The third kappa shape index (κ3) is 2.93. The lowest BCUT2D eigenvalue weighted by Gasteiger charge is -2.20. The van der Waals surface area contributed by atoms with Gasteiger partial charge in [0.25, 0.3) is 0 Å². The number of nitrogens with one attached hydrogen (secondary N) is 1. The van der Waals surface area contributed by atoms with Crippen LogP contribution in [-0.2, 0) is 6.54 Å². The summed E-state index contributed by atoms with van der Waals surface area (Å²) in [5, 5.41) is 0. The molecule has 0 unspecified atom stereocenters. The summed E-state index contributed by atoms with van der Waals surface area (Å²) in [6.45, 7) is 0.705. The van der Waals surface area contributed by atoms with Crippen LogP contribution in [0.4, 0.5) is 0 Å². The highest BCUT2D eigenvalue weighted by Crippen LogP contribution is 2.23. The van der Waals surface area contributed by atoms with Crippen LogP contribution in [0.5, 0.6) is 0 Å². The van der Waals surface area contributed by atoms with Gasteiger partial charge in [-0.05, 0) is 25.0 Å². The van der Waals surface area contributed by atoms with Crippen LogP contribution in [0.2, 0.25) is 0 Å². The number of rotatable bonds is 3. The number of nitrogens with two attached hydrogens (primary N) is 1. The van der Waals surface area contributed by atoms with E-state index >= 15 is 0 Å². The Morgan fingerprint density at radius 3 is 3.00 bits per heavy atom. The van der Waals surface area contributed by atoms with Gasteiger partial charge in [-0.15, -0.1) is 0 Å². The molecule has 0 spiro atoms. The molecule has 1 aliphatic rings. The largest absolute Gasteiger partial charge is 0.339 e. The van der Waals surface area contributed by atoms with Crippen molar-refractivity contribution >= 4 is 5.96 Å². The Bertz CT molecular complexity index is 358. The van der Waals surface area contributed by atoms with Crippen LogP contribution in [0.25, 0.3) is 0 Å². The van der Waals surface area contributed by atoms with E-state index in [0.29, 0.717) is 12.6 Å². The lowest BCUT2D eigenvalue weighted by atomic mass is 10.3. The molecular formula is C11H17N5. The standard InChI is InChI=1S/C11H17N5/c1-16(8-10-4-2-3-7-13-10)11(15-12)14-9-5-6-9/h2-4,7,9H,5-6,8,12H2,1H3,(H,14,15). The molecule has 2 rings (SSSR count). The van der Waals surface area contributed by atoms with Crippen LogP contribution < -0.4 is 11.3 Å². The van der Waals surface area contributed by atoms with E-state index in [4.69, 9.17) is 5.84 Å². The number of aliphatic imine (C=N–C) groups is 1. The molecule has 1 aliphatic carbocycles. The van der Waals surface area contributed by atoms with E-state index in [1.807, 2.05) is 30.1 Å². The monoisotopic (exact) mass is 219 g/mol. The molecule has 1 aromatic rings. The van der Waals surface area contributed by atoms with Gasteiger partial charge in [-0.2, -0.15) is 0 Å². The Morgan fingerprint density at radius 2 is 2.44 bits per heavy atom. The first kappa shape index (κ1) is 10.9.